The molecule has 0 bridgehead atoms. The van der Waals surface area contributed by atoms with Gasteiger partial charge in [0.25, 0.3) is 15.9 Å². The number of morpholine rings is 1. The molecule has 0 spiro atoms. The van der Waals surface area contributed by atoms with Crippen molar-refractivity contribution in [3.63, 3.8) is 0 Å². The van der Waals surface area contributed by atoms with E-state index in [-0.39, 0.29) is 10.8 Å². The molecule has 1 aliphatic rings. The second-order valence-electron chi connectivity index (χ2n) is 9.05. The Labute approximate surface area is 237 Å². The molecule has 204 valence electrons. The lowest BCUT2D eigenvalue weighted by Gasteiger charge is -2.29. The van der Waals surface area contributed by atoms with Gasteiger partial charge in [-0.1, -0.05) is 35.6 Å². The van der Waals surface area contributed by atoms with E-state index in [0.717, 1.165) is 28.2 Å². The van der Waals surface area contributed by atoms with E-state index in [4.69, 9.17) is 9.72 Å². The first kappa shape index (κ1) is 27.6. The molecule has 0 saturated carbocycles. The Hall–Kier alpha value is -2.96. The molecule has 5 rings (SSSR count). The van der Waals surface area contributed by atoms with Gasteiger partial charge in [-0.15, -0.1) is 11.8 Å². The van der Waals surface area contributed by atoms with Gasteiger partial charge in [0, 0.05) is 43.7 Å². The highest BCUT2D eigenvalue weighted by Crippen LogP contribution is 2.34. The standard InChI is InChI=1S/C28H30N4O4S3/c1-30(22-7-4-3-5-8-22)39(34,35)23-13-11-21(12-14-23)27(33)32(16-15-31-17-19-36-20-18-31)28-29-26-24(37-2)9-6-10-25(26)38-28/h3-14H,15-20H2,1-2H3. The number of thiazole rings is 1. The van der Waals surface area contributed by atoms with Crippen molar-refractivity contribution in [3.05, 3.63) is 78.4 Å². The Morgan fingerprint density at radius 1 is 1.03 bits per heavy atom. The van der Waals surface area contributed by atoms with Gasteiger partial charge >= 0.3 is 0 Å². The summed E-state index contributed by atoms with van der Waals surface area (Å²) >= 11 is 3.11. The summed E-state index contributed by atoms with van der Waals surface area (Å²) in [5, 5.41) is 0.630. The van der Waals surface area contributed by atoms with E-state index >= 15 is 0 Å². The molecule has 1 aliphatic heterocycles. The number of aromatic nitrogens is 1. The third-order valence-electron chi connectivity index (χ3n) is 6.69. The normalized spacial score (nSPS) is 14.4. The molecule has 8 nitrogen and oxygen atoms in total. The number of carbonyl (C=O) groups excluding carboxylic acids is 1. The van der Waals surface area contributed by atoms with Crippen LogP contribution in [0.25, 0.3) is 10.2 Å². The predicted molar refractivity (Wildman–Crippen MR) is 159 cm³/mol. The summed E-state index contributed by atoms with van der Waals surface area (Å²) in [5.41, 5.74) is 1.86. The number of anilines is 2. The van der Waals surface area contributed by atoms with Gasteiger partial charge in [0.1, 0.15) is 0 Å². The van der Waals surface area contributed by atoms with E-state index in [1.165, 1.54) is 34.8 Å². The van der Waals surface area contributed by atoms with Crippen molar-refractivity contribution >= 4 is 60.1 Å². The Bertz CT molecular complexity index is 1540. The van der Waals surface area contributed by atoms with Crippen LogP contribution in [0.1, 0.15) is 10.4 Å². The van der Waals surface area contributed by atoms with Crippen molar-refractivity contribution in [2.75, 3.05) is 61.9 Å². The van der Waals surface area contributed by atoms with E-state index in [9.17, 15) is 13.2 Å². The molecular weight excluding hydrogens is 553 g/mol. The summed E-state index contributed by atoms with van der Waals surface area (Å²) in [7, 11) is -2.26. The number of benzene rings is 3. The van der Waals surface area contributed by atoms with Gasteiger partial charge < -0.3 is 4.74 Å². The third kappa shape index (κ3) is 5.97. The Balaban J connectivity index is 1.43. The highest BCUT2D eigenvalue weighted by atomic mass is 32.2. The molecule has 39 heavy (non-hydrogen) atoms. The number of nitrogens with zero attached hydrogens (tertiary/aromatic N) is 4. The number of hydrogen-bond donors (Lipinski definition) is 0. The third-order valence-corrected chi connectivity index (χ3v) is 10.3. The lowest BCUT2D eigenvalue weighted by molar-refractivity contribution is 0.0391. The van der Waals surface area contributed by atoms with Gasteiger partial charge in [0.2, 0.25) is 0 Å². The smallest absolute Gasteiger partial charge is 0.264 e. The fourth-order valence-electron chi connectivity index (χ4n) is 4.40. The van der Waals surface area contributed by atoms with Gasteiger partial charge in [0.15, 0.2) is 5.13 Å². The topological polar surface area (TPSA) is 83.0 Å². The average molecular weight is 583 g/mol. The van der Waals surface area contributed by atoms with Crippen LogP contribution in [0.5, 0.6) is 0 Å². The van der Waals surface area contributed by atoms with Crippen LogP contribution in [-0.2, 0) is 14.8 Å². The lowest BCUT2D eigenvalue weighted by atomic mass is 10.2. The number of thioether (sulfide) groups is 1. The molecule has 11 heteroatoms. The maximum Gasteiger partial charge on any atom is 0.264 e. The summed E-state index contributed by atoms with van der Waals surface area (Å²) in [6, 6.07) is 21.1. The van der Waals surface area contributed by atoms with E-state index < -0.39 is 10.0 Å². The molecule has 0 aliphatic carbocycles. The summed E-state index contributed by atoms with van der Waals surface area (Å²) in [5.74, 6) is -0.214. The first-order valence-electron chi connectivity index (χ1n) is 12.6. The summed E-state index contributed by atoms with van der Waals surface area (Å²) in [6.07, 6.45) is 2.01. The molecule has 1 fully saturated rings. The van der Waals surface area contributed by atoms with Crippen LogP contribution in [0.2, 0.25) is 0 Å². The SMILES string of the molecule is CSc1cccc2sc(N(CCN3CCOCC3)C(=O)c3ccc(S(=O)(=O)N(C)c4ccccc4)cc3)nc12. The zero-order chi connectivity index (χ0) is 27.4. The number of rotatable bonds is 9. The Morgan fingerprint density at radius 2 is 1.74 bits per heavy atom. The molecule has 0 N–H and O–H groups in total. The van der Waals surface area contributed by atoms with E-state index in [1.807, 2.05) is 30.5 Å². The number of fused-ring (bicyclic) bond motifs is 1. The Morgan fingerprint density at radius 3 is 2.44 bits per heavy atom. The molecule has 1 amide bonds. The Kier molecular flexibility index (Phi) is 8.53. The minimum absolute atomic E-state index is 0.120. The van der Waals surface area contributed by atoms with Crippen LogP contribution in [0.15, 0.2) is 82.6 Å². The number of carbonyl (C=O) groups is 1. The lowest BCUT2D eigenvalue weighted by Crippen LogP contribution is -2.43. The van der Waals surface area contributed by atoms with Crippen LogP contribution in [0.4, 0.5) is 10.8 Å². The van der Waals surface area contributed by atoms with Gasteiger partial charge in [-0.05, 0) is 54.8 Å². The molecule has 3 aromatic carbocycles. The van der Waals surface area contributed by atoms with Crippen molar-refractivity contribution in [3.8, 4) is 0 Å². The monoisotopic (exact) mass is 582 g/mol. The maximum atomic E-state index is 13.8. The van der Waals surface area contributed by atoms with E-state index in [2.05, 4.69) is 4.90 Å². The van der Waals surface area contributed by atoms with Crippen LogP contribution >= 0.6 is 23.1 Å². The van der Waals surface area contributed by atoms with E-state index in [1.54, 1.807) is 53.1 Å². The summed E-state index contributed by atoms with van der Waals surface area (Å²) in [4.78, 5) is 23.9. The largest absolute Gasteiger partial charge is 0.379 e. The zero-order valence-electron chi connectivity index (χ0n) is 21.8. The second-order valence-corrected chi connectivity index (χ2v) is 12.9. The number of sulfonamides is 1. The molecule has 1 aromatic heterocycles. The fraction of sp³-hybridized carbons (Fsp3) is 0.286. The van der Waals surface area contributed by atoms with Gasteiger partial charge in [-0.25, -0.2) is 13.4 Å². The average Bonchev–Trinajstić information content (AvgIpc) is 3.42. The molecule has 1 saturated heterocycles. The highest BCUT2D eigenvalue weighted by Gasteiger charge is 2.25. The molecular formula is C28H30N4O4S3. The zero-order valence-corrected chi connectivity index (χ0v) is 24.3. The van der Waals surface area contributed by atoms with Crippen molar-refractivity contribution in [2.24, 2.45) is 0 Å². The van der Waals surface area contributed by atoms with Gasteiger partial charge in [0.05, 0.1) is 34.0 Å². The van der Waals surface area contributed by atoms with Crippen molar-refractivity contribution in [2.45, 2.75) is 9.79 Å². The first-order chi connectivity index (χ1) is 18.9. The molecule has 4 aromatic rings. The maximum absolute atomic E-state index is 13.8. The first-order valence-corrected chi connectivity index (χ1v) is 16.1. The summed E-state index contributed by atoms with van der Waals surface area (Å²) < 4.78 is 34.2. The fourth-order valence-corrected chi connectivity index (χ4v) is 7.24. The van der Waals surface area contributed by atoms with Crippen LogP contribution < -0.4 is 9.21 Å². The van der Waals surface area contributed by atoms with E-state index in [0.29, 0.717) is 42.7 Å². The van der Waals surface area contributed by atoms with Crippen LogP contribution in [0, 0.1) is 0 Å². The molecule has 0 radical (unpaired) electrons. The second kappa shape index (κ2) is 12.1. The highest BCUT2D eigenvalue weighted by molar-refractivity contribution is 7.98. The summed E-state index contributed by atoms with van der Waals surface area (Å²) in [6.45, 7) is 4.15. The van der Waals surface area contributed by atoms with Crippen molar-refractivity contribution in [1.29, 1.82) is 0 Å². The molecule has 0 atom stereocenters. The number of ether oxygens (including phenoxy) is 1. The minimum Gasteiger partial charge on any atom is -0.379 e. The number of para-hydroxylation sites is 2. The predicted octanol–water partition coefficient (Wildman–Crippen LogP) is 4.82. The quantitative estimate of drug-likeness (QED) is 0.262. The molecule has 0 unspecified atom stereocenters. The van der Waals surface area contributed by atoms with Gasteiger partial charge in [-0.3, -0.25) is 18.9 Å². The molecule has 2 heterocycles. The number of hydrogen-bond acceptors (Lipinski definition) is 8. The van der Waals surface area contributed by atoms with Crippen molar-refractivity contribution < 1.29 is 17.9 Å². The van der Waals surface area contributed by atoms with Crippen molar-refractivity contribution in [1.82, 2.24) is 9.88 Å². The van der Waals surface area contributed by atoms with Crippen LogP contribution in [-0.4, -0.2) is 76.9 Å². The number of amides is 1. The van der Waals surface area contributed by atoms with Crippen LogP contribution in [0.3, 0.4) is 0 Å². The van der Waals surface area contributed by atoms with Gasteiger partial charge in [-0.2, -0.15) is 0 Å². The minimum atomic E-state index is -3.78.